The summed E-state index contributed by atoms with van der Waals surface area (Å²) < 4.78 is 5.30. The van der Waals surface area contributed by atoms with E-state index in [-0.39, 0.29) is 0 Å². The van der Waals surface area contributed by atoms with Crippen LogP contribution in [0.3, 0.4) is 0 Å². The maximum Gasteiger partial charge on any atom is 0.119 e. The molecule has 1 atom stereocenters. The zero-order valence-electron chi connectivity index (χ0n) is 12.8. The molecule has 0 radical (unpaired) electrons. The minimum absolute atomic E-state index is 0.630. The number of benzene rings is 1. The predicted molar refractivity (Wildman–Crippen MR) is 82.9 cm³/mol. The molecule has 110 valence electrons. The lowest BCUT2D eigenvalue weighted by molar-refractivity contribution is 0.00923. The number of rotatable bonds is 4. The molecule has 0 heterocycles. The molecule has 2 heteroatoms. The van der Waals surface area contributed by atoms with Crippen LogP contribution < -0.4 is 10.1 Å². The van der Waals surface area contributed by atoms with Gasteiger partial charge < -0.3 is 10.1 Å². The Hall–Kier alpha value is -1.02. The number of hydrogen-bond donors (Lipinski definition) is 1. The van der Waals surface area contributed by atoms with E-state index in [0.717, 1.165) is 24.3 Å². The van der Waals surface area contributed by atoms with Gasteiger partial charge in [-0.3, -0.25) is 0 Å². The molecule has 0 unspecified atom stereocenters. The van der Waals surface area contributed by atoms with Crippen LogP contribution in [0.5, 0.6) is 5.75 Å². The van der Waals surface area contributed by atoms with Crippen LogP contribution in [0, 0.1) is 11.3 Å². The zero-order valence-corrected chi connectivity index (χ0v) is 12.8. The van der Waals surface area contributed by atoms with Crippen molar-refractivity contribution in [1.29, 1.82) is 0 Å². The minimum atomic E-state index is 0.630. The van der Waals surface area contributed by atoms with E-state index in [1.807, 2.05) is 6.07 Å². The maximum atomic E-state index is 5.30. The van der Waals surface area contributed by atoms with Gasteiger partial charge in [-0.25, -0.2) is 0 Å². The third-order valence-corrected chi connectivity index (χ3v) is 5.63. The molecule has 0 aliphatic heterocycles. The van der Waals surface area contributed by atoms with Gasteiger partial charge >= 0.3 is 0 Å². The van der Waals surface area contributed by atoms with E-state index in [0.29, 0.717) is 5.41 Å². The van der Waals surface area contributed by atoms with Gasteiger partial charge in [-0.1, -0.05) is 31.9 Å². The second kappa shape index (κ2) is 5.77. The van der Waals surface area contributed by atoms with Gasteiger partial charge in [0.2, 0.25) is 0 Å². The van der Waals surface area contributed by atoms with E-state index in [1.165, 1.54) is 44.1 Å². The van der Waals surface area contributed by atoms with Gasteiger partial charge in [-0.15, -0.1) is 0 Å². The molecular weight excluding hydrogens is 246 g/mol. The summed E-state index contributed by atoms with van der Waals surface area (Å²) in [6, 6.07) is 9.15. The molecule has 2 saturated carbocycles. The molecule has 0 saturated heterocycles. The Morgan fingerprint density at radius 3 is 2.60 bits per heavy atom. The molecule has 2 nitrogen and oxygen atoms in total. The van der Waals surface area contributed by atoms with Gasteiger partial charge in [0, 0.05) is 12.6 Å². The Morgan fingerprint density at radius 1 is 1.20 bits per heavy atom. The molecule has 0 bridgehead atoms. The molecule has 1 N–H and O–H groups in total. The number of hydrogen-bond acceptors (Lipinski definition) is 2. The smallest absolute Gasteiger partial charge is 0.119 e. The van der Waals surface area contributed by atoms with Crippen LogP contribution in [-0.4, -0.2) is 13.2 Å². The lowest BCUT2D eigenvalue weighted by Crippen LogP contribution is -2.54. The summed E-state index contributed by atoms with van der Waals surface area (Å²) in [5, 5.41) is 3.81. The maximum absolute atomic E-state index is 5.30. The zero-order chi connectivity index (χ0) is 14.0. The quantitative estimate of drug-likeness (QED) is 0.890. The summed E-state index contributed by atoms with van der Waals surface area (Å²) in [5.74, 6) is 1.90. The monoisotopic (exact) mass is 273 g/mol. The molecule has 2 aliphatic carbocycles. The lowest BCUT2D eigenvalue weighted by Gasteiger charge is -2.53. The van der Waals surface area contributed by atoms with Crippen LogP contribution >= 0.6 is 0 Å². The first kappa shape index (κ1) is 13.9. The van der Waals surface area contributed by atoms with Crippen molar-refractivity contribution in [2.45, 2.75) is 58.0 Å². The van der Waals surface area contributed by atoms with E-state index in [4.69, 9.17) is 4.74 Å². The van der Waals surface area contributed by atoms with Gasteiger partial charge in [0.05, 0.1) is 7.11 Å². The standard InChI is InChI=1S/C18H27NO/c1-14-6-9-18(10-7-14)11-8-17(18)19-13-15-4-3-5-16(12-15)20-2/h3-5,12,14,17,19H,6-11,13H2,1-2H3/t14?,17-,18?/m0/s1. The van der Waals surface area contributed by atoms with Crippen molar-refractivity contribution in [2.75, 3.05) is 7.11 Å². The summed E-state index contributed by atoms with van der Waals surface area (Å²) in [6.07, 6.45) is 8.52. The van der Waals surface area contributed by atoms with E-state index in [1.54, 1.807) is 7.11 Å². The molecule has 1 aromatic rings. The van der Waals surface area contributed by atoms with Crippen molar-refractivity contribution in [3.8, 4) is 5.75 Å². The third-order valence-electron chi connectivity index (χ3n) is 5.63. The van der Waals surface area contributed by atoms with Gasteiger partial charge in [0.15, 0.2) is 0 Å². The van der Waals surface area contributed by atoms with Crippen LogP contribution in [0.15, 0.2) is 24.3 Å². The highest BCUT2D eigenvalue weighted by atomic mass is 16.5. The van der Waals surface area contributed by atoms with Gasteiger partial charge in [-0.05, 0) is 54.7 Å². The number of methoxy groups -OCH3 is 1. The molecule has 3 rings (SSSR count). The first-order valence-electron chi connectivity index (χ1n) is 8.08. The Kier molecular flexibility index (Phi) is 4.02. The summed E-state index contributed by atoms with van der Waals surface area (Å²) in [7, 11) is 1.73. The normalized spacial score (nSPS) is 32.9. The molecule has 2 fully saturated rings. The van der Waals surface area contributed by atoms with Gasteiger partial charge in [-0.2, -0.15) is 0 Å². The minimum Gasteiger partial charge on any atom is -0.497 e. The van der Waals surface area contributed by atoms with Crippen molar-refractivity contribution in [3.63, 3.8) is 0 Å². The van der Waals surface area contributed by atoms with Crippen molar-refractivity contribution >= 4 is 0 Å². The number of ether oxygens (including phenoxy) is 1. The molecule has 1 aromatic carbocycles. The van der Waals surface area contributed by atoms with E-state index < -0.39 is 0 Å². The molecule has 0 amide bonds. The Labute approximate surface area is 122 Å². The molecule has 1 spiro atoms. The fourth-order valence-corrected chi connectivity index (χ4v) is 3.97. The van der Waals surface area contributed by atoms with Crippen LogP contribution in [0.25, 0.3) is 0 Å². The fourth-order valence-electron chi connectivity index (χ4n) is 3.97. The highest BCUT2D eigenvalue weighted by molar-refractivity contribution is 5.28. The number of nitrogens with one attached hydrogen (secondary N) is 1. The van der Waals surface area contributed by atoms with Gasteiger partial charge in [0.25, 0.3) is 0 Å². The summed E-state index contributed by atoms with van der Waals surface area (Å²) in [5.41, 5.74) is 1.96. The molecule has 0 aromatic heterocycles. The predicted octanol–water partition coefficient (Wildman–Crippen LogP) is 4.14. The van der Waals surface area contributed by atoms with Crippen LogP contribution in [0.1, 0.15) is 51.0 Å². The summed E-state index contributed by atoms with van der Waals surface area (Å²) in [6.45, 7) is 3.38. The first-order valence-corrected chi connectivity index (χ1v) is 8.08. The van der Waals surface area contributed by atoms with Crippen LogP contribution in [-0.2, 0) is 6.54 Å². The average Bonchev–Trinajstić information content (AvgIpc) is 2.47. The highest BCUT2D eigenvalue weighted by Gasteiger charge is 2.47. The van der Waals surface area contributed by atoms with Crippen LogP contribution in [0.4, 0.5) is 0 Å². The topological polar surface area (TPSA) is 21.3 Å². The Bertz CT molecular complexity index is 448. The second-order valence-electron chi connectivity index (χ2n) is 6.87. The average molecular weight is 273 g/mol. The van der Waals surface area contributed by atoms with Gasteiger partial charge in [0.1, 0.15) is 5.75 Å². The fraction of sp³-hybridized carbons (Fsp3) is 0.667. The first-order chi connectivity index (χ1) is 9.72. The Balaban J connectivity index is 1.56. The lowest BCUT2D eigenvalue weighted by atomic mass is 9.56. The second-order valence-corrected chi connectivity index (χ2v) is 6.87. The molecule has 2 aliphatic rings. The largest absolute Gasteiger partial charge is 0.497 e. The summed E-state index contributed by atoms with van der Waals surface area (Å²) in [4.78, 5) is 0. The molecule has 20 heavy (non-hydrogen) atoms. The van der Waals surface area contributed by atoms with Crippen molar-refractivity contribution in [1.82, 2.24) is 5.32 Å². The summed E-state index contributed by atoms with van der Waals surface area (Å²) >= 11 is 0. The highest BCUT2D eigenvalue weighted by Crippen LogP contribution is 2.52. The van der Waals surface area contributed by atoms with E-state index in [2.05, 4.69) is 30.4 Å². The third kappa shape index (κ3) is 2.71. The van der Waals surface area contributed by atoms with Crippen molar-refractivity contribution < 1.29 is 4.74 Å². The van der Waals surface area contributed by atoms with E-state index in [9.17, 15) is 0 Å². The Morgan fingerprint density at radius 2 is 1.95 bits per heavy atom. The van der Waals surface area contributed by atoms with Crippen molar-refractivity contribution in [2.24, 2.45) is 11.3 Å². The van der Waals surface area contributed by atoms with Crippen LogP contribution in [0.2, 0.25) is 0 Å². The molecular formula is C18H27NO. The van der Waals surface area contributed by atoms with E-state index >= 15 is 0 Å². The SMILES string of the molecule is COc1cccc(CN[C@H]2CCC23CCC(C)CC3)c1. The van der Waals surface area contributed by atoms with Crippen molar-refractivity contribution in [3.05, 3.63) is 29.8 Å².